The van der Waals surface area contributed by atoms with Gasteiger partial charge in [-0.05, 0) is 25.3 Å². The number of nitrogens with zero attached hydrogens (tertiary/aromatic N) is 1. The summed E-state index contributed by atoms with van der Waals surface area (Å²) in [6, 6.07) is 0. The highest BCUT2D eigenvalue weighted by Gasteiger charge is 2.17. The van der Waals surface area contributed by atoms with Crippen LogP contribution in [0.3, 0.4) is 0 Å². The highest BCUT2D eigenvalue weighted by atomic mass is 14.7. The first-order valence-electron chi connectivity index (χ1n) is 6.21. The summed E-state index contributed by atoms with van der Waals surface area (Å²) in [5, 5.41) is 0. The Bertz CT molecular complexity index is 306. The fraction of sp³-hybridized carbons (Fsp3) is 0.643. The van der Waals surface area contributed by atoms with Crippen LogP contribution in [0.15, 0.2) is 17.3 Å². The molecule has 0 fully saturated rings. The minimum atomic E-state index is -0.174. The zero-order chi connectivity index (χ0) is 11.7. The zero-order valence-corrected chi connectivity index (χ0v) is 10.2. The van der Waals surface area contributed by atoms with Gasteiger partial charge in [0, 0.05) is 30.8 Å². The number of nitrogens with two attached hydrogens (primary N) is 1. The van der Waals surface area contributed by atoms with E-state index < -0.39 is 0 Å². The van der Waals surface area contributed by atoms with Gasteiger partial charge in [-0.1, -0.05) is 25.7 Å². The Morgan fingerprint density at radius 1 is 1.31 bits per heavy atom. The second-order valence-corrected chi connectivity index (χ2v) is 4.35. The van der Waals surface area contributed by atoms with Crippen LogP contribution in [0.4, 0.5) is 0 Å². The molecule has 88 valence electrons. The maximum Gasteiger partial charge on any atom is 0.0444 e. The van der Waals surface area contributed by atoms with E-state index in [4.69, 9.17) is 5.73 Å². The van der Waals surface area contributed by atoms with E-state index >= 15 is 0 Å². The molecule has 0 bridgehead atoms. The van der Waals surface area contributed by atoms with Gasteiger partial charge in [0.25, 0.3) is 0 Å². The first-order valence-corrected chi connectivity index (χ1v) is 6.21. The van der Waals surface area contributed by atoms with Crippen molar-refractivity contribution in [3.05, 3.63) is 12.3 Å². The predicted molar refractivity (Wildman–Crippen MR) is 70.3 cm³/mol. The molecule has 0 aromatic carbocycles. The molecule has 0 aromatic heterocycles. The third kappa shape index (κ3) is 5.14. The fourth-order valence-electron chi connectivity index (χ4n) is 1.73. The first kappa shape index (κ1) is 13.0. The molecule has 0 amide bonds. The van der Waals surface area contributed by atoms with Crippen LogP contribution in [0.25, 0.3) is 0 Å². The molecule has 0 saturated heterocycles. The van der Waals surface area contributed by atoms with Gasteiger partial charge in [0.15, 0.2) is 0 Å². The maximum absolute atomic E-state index is 6.29. The van der Waals surface area contributed by atoms with Crippen molar-refractivity contribution in [2.24, 2.45) is 10.7 Å². The maximum atomic E-state index is 6.29. The summed E-state index contributed by atoms with van der Waals surface area (Å²) in [6.07, 6.45) is 13.1. The molecule has 1 heterocycles. The molecule has 0 aliphatic carbocycles. The summed E-state index contributed by atoms with van der Waals surface area (Å²) in [7, 11) is 0. The summed E-state index contributed by atoms with van der Waals surface area (Å²) in [5.74, 6) is 6.26. The Morgan fingerprint density at radius 2 is 2.19 bits per heavy atom. The zero-order valence-electron chi connectivity index (χ0n) is 10.2. The smallest absolute Gasteiger partial charge is 0.0444 e. The second kappa shape index (κ2) is 7.24. The van der Waals surface area contributed by atoms with Gasteiger partial charge in [0.1, 0.15) is 0 Å². The van der Waals surface area contributed by atoms with Crippen molar-refractivity contribution >= 4 is 6.21 Å². The van der Waals surface area contributed by atoms with E-state index in [-0.39, 0.29) is 5.54 Å². The summed E-state index contributed by atoms with van der Waals surface area (Å²) in [6.45, 7) is 2.13. The van der Waals surface area contributed by atoms with Gasteiger partial charge in [-0.3, -0.25) is 4.99 Å². The standard InChI is InChI=1S/C14H22N2/c1-2-14(15)10-8-6-4-3-5-7-9-12-16-13-11-14/h11-13H,2-4,6,8-10,15H2,1H3/b13-11-,16-12?. The Morgan fingerprint density at radius 3 is 3.00 bits per heavy atom. The van der Waals surface area contributed by atoms with Crippen LogP contribution >= 0.6 is 0 Å². The number of hydrogen-bond donors (Lipinski definition) is 1. The average molecular weight is 218 g/mol. The Labute approximate surface area is 99.0 Å². The summed E-state index contributed by atoms with van der Waals surface area (Å²) in [5.41, 5.74) is 6.11. The lowest BCUT2D eigenvalue weighted by Gasteiger charge is -2.23. The van der Waals surface area contributed by atoms with Crippen LogP contribution in [0.5, 0.6) is 0 Å². The highest BCUT2D eigenvalue weighted by Crippen LogP contribution is 2.18. The van der Waals surface area contributed by atoms with Crippen molar-refractivity contribution in [2.75, 3.05) is 0 Å². The topological polar surface area (TPSA) is 38.4 Å². The van der Waals surface area contributed by atoms with Gasteiger partial charge in [-0.25, -0.2) is 0 Å². The van der Waals surface area contributed by atoms with E-state index in [0.29, 0.717) is 0 Å². The van der Waals surface area contributed by atoms with Crippen molar-refractivity contribution < 1.29 is 0 Å². The minimum Gasteiger partial charge on any atom is -0.322 e. The third-order valence-electron chi connectivity index (χ3n) is 3.02. The largest absolute Gasteiger partial charge is 0.322 e. The summed E-state index contributed by atoms with van der Waals surface area (Å²) < 4.78 is 0. The molecule has 0 spiro atoms. The Kier molecular flexibility index (Phi) is 5.88. The van der Waals surface area contributed by atoms with Gasteiger partial charge in [0.2, 0.25) is 0 Å². The van der Waals surface area contributed by atoms with Gasteiger partial charge in [-0.2, -0.15) is 0 Å². The van der Waals surface area contributed by atoms with E-state index in [1.54, 1.807) is 0 Å². The van der Waals surface area contributed by atoms with E-state index in [0.717, 1.165) is 25.7 Å². The molecule has 1 atom stereocenters. The average Bonchev–Trinajstić information content (AvgIpc) is 2.31. The van der Waals surface area contributed by atoms with Crippen LogP contribution in [-0.4, -0.2) is 11.8 Å². The number of rotatable bonds is 1. The molecule has 1 aliphatic heterocycles. The molecule has 2 N–H and O–H groups in total. The first-order chi connectivity index (χ1) is 7.77. The molecule has 16 heavy (non-hydrogen) atoms. The SMILES string of the molecule is CCC1(N)/C=C\N=CCC#CCCCCC1. The molecule has 2 nitrogen and oxygen atoms in total. The van der Waals surface area contributed by atoms with Crippen LogP contribution < -0.4 is 5.73 Å². The molecule has 0 aromatic rings. The van der Waals surface area contributed by atoms with Gasteiger partial charge < -0.3 is 5.73 Å². The molecular formula is C14H22N2. The summed E-state index contributed by atoms with van der Waals surface area (Å²) >= 11 is 0. The van der Waals surface area contributed by atoms with E-state index in [1.807, 2.05) is 18.5 Å². The van der Waals surface area contributed by atoms with Gasteiger partial charge in [0.05, 0.1) is 0 Å². The molecule has 1 aliphatic rings. The Hall–Kier alpha value is -1.07. The van der Waals surface area contributed by atoms with E-state index in [1.165, 1.54) is 19.3 Å². The van der Waals surface area contributed by atoms with E-state index in [2.05, 4.69) is 23.8 Å². The van der Waals surface area contributed by atoms with E-state index in [9.17, 15) is 0 Å². The predicted octanol–water partition coefficient (Wildman–Crippen LogP) is 3.04. The van der Waals surface area contributed by atoms with Crippen LogP contribution in [0.2, 0.25) is 0 Å². The highest BCUT2D eigenvalue weighted by molar-refractivity contribution is 5.61. The van der Waals surface area contributed by atoms with Crippen LogP contribution in [0, 0.1) is 11.8 Å². The quantitative estimate of drug-likeness (QED) is 0.675. The Balaban J connectivity index is 2.61. The van der Waals surface area contributed by atoms with Gasteiger partial charge >= 0.3 is 0 Å². The van der Waals surface area contributed by atoms with Crippen molar-refractivity contribution in [3.63, 3.8) is 0 Å². The molecule has 1 unspecified atom stereocenters. The second-order valence-electron chi connectivity index (χ2n) is 4.35. The lowest BCUT2D eigenvalue weighted by Crippen LogP contribution is -2.36. The lowest BCUT2D eigenvalue weighted by atomic mass is 9.90. The van der Waals surface area contributed by atoms with Crippen LogP contribution in [0.1, 0.15) is 51.9 Å². The minimum absolute atomic E-state index is 0.174. The number of aliphatic imine (C=N–C) groups is 1. The van der Waals surface area contributed by atoms with Crippen LogP contribution in [-0.2, 0) is 0 Å². The molecule has 2 heteroatoms. The molecule has 1 rings (SSSR count). The normalized spacial score (nSPS) is 29.1. The number of hydrogen-bond acceptors (Lipinski definition) is 2. The molecule has 0 saturated carbocycles. The summed E-state index contributed by atoms with van der Waals surface area (Å²) in [4.78, 5) is 4.19. The third-order valence-corrected chi connectivity index (χ3v) is 3.02. The molecule has 0 radical (unpaired) electrons. The monoisotopic (exact) mass is 218 g/mol. The van der Waals surface area contributed by atoms with Crippen molar-refractivity contribution in [3.8, 4) is 11.8 Å². The van der Waals surface area contributed by atoms with Crippen molar-refractivity contribution in [1.29, 1.82) is 0 Å². The fourth-order valence-corrected chi connectivity index (χ4v) is 1.73. The van der Waals surface area contributed by atoms with Gasteiger partial charge in [-0.15, -0.1) is 5.92 Å². The lowest BCUT2D eigenvalue weighted by molar-refractivity contribution is 0.442. The molecular weight excluding hydrogens is 196 g/mol. The van der Waals surface area contributed by atoms with Crippen molar-refractivity contribution in [2.45, 2.75) is 57.4 Å². The van der Waals surface area contributed by atoms with Crippen molar-refractivity contribution in [1.82, 2.24) is 0 Å².